The molecule has 2 bridgehead atoms. The van der Waals surface area contributed by atoms with Crippen LogP contribution in [-0.4, -0.2) is 55.1 Å². The predicted octanol–water partition coefficient (Wildman–Crippen LogP) is 2.45. The molecular weight excluding hydrogens is 290 g/mol. The minimum Gasteiger partial charge on any atom is -0.495 e. The highest BCUT2D eigenvalue weighted by Gasteiger charge is 2.48. The number of ether oxygens (including phenoxy) is 1. The van der Waals surface area contributed by atoms with Gasteiger partial charge in [0.2, 0.25) is 0 Å². The Morgan fingerprint density at radius 2 is 1.91 bits per heavy atom. The molecule has 0 radical (unpaired) electrons. The van der Waals surface area contributed by atoms with Gasteiger partial charge in [0.15, 0.2) is 0 Å². The van der Waals surface area contributed by atoms with Crippen LogP contribution < -0.4 is 9.64 Å². The van der Waals surface area contributed by atoms with Gasteiger partial charge >= 0.3 is 0 Å². The smallest absolute Gasteiger partial charge is 0.142 e. The van der Waals surface area contributed by atoms with E-state index in [9.17, 15) is 5.21 Å². The third-order valence-electron chi connectivity index (χ3n) is 5.89. The molecular formula is C18H25N3O2. The number of hydrogen-bond acceptors (Lipinski definition) is 5. The minimum absolute atomic E-state index is 0.374. The monoisotopic (exact) mass is 315 g/mol. The fraction of sp³-hybridized carbons (Fsp3) is 0.611. The quantitative estimate of drug-likeness (QED) is 0.687. The maximum atomic E-state index is 9.42. The van der Waals surface area contributed by atoms with E-state index in [0.29, 0.717) is 17.9 Å². The van der Waals surface area contributed by atoms with Crippen molar-refractivity contribution in [2.45, 2.75) is 25.3 Å². The lowest BCUT2D eigenvalue weighted by Crippen LogP contribution is -2.54. The molecule has 3 fully saturated rings. The largest absolute Gasteiger partial charge is 0.495 e. The molecule has 2 aliphatic carbocycles. The Labute approximate surface area is 137 Å². The molecule has 23 heavy (non-hydrogen) atoms. The number of para-hydroxylation sites is 2. The van der Waals surface area contributed by atoms with E-state index in [2.05, 4.69) is 27.1 Å². The summed E-state index contributed by atoms with van der Waals surface area (Å²) < 4.78 is 5.49. The van der Waals surface area contributed by atoms with E-state index < -0.39 is 0 Å². The zero-order chi connectivity index (χ0) is 15.8. The van der Waals surface area contributed by atoms with Crippen LogP contribution >= 0.6 is 0 Å². The number of anilines is 1. The van der Waals surface area contributed by atoms with Crippen LogP contribution in [0.1, 0.15) is 19.3 Å². The predicted molar refractivity (Wildman–Crippen MR) is 90.6 cm³/mol. The Balaban J connectivity index is 1.45. The van der Waals surface area contributed by atoms with Crippen molar-refractivity contribution in [1.29, 1.82) is 0 Å². The molecule has 3 unspecified atom stereocenters. The molecule has 3 atom stereocenters. The molecule has 5 heteroatoms. The summed E-state index contributed by atoms with van der Waals surface area (Å²) in [7, 11) is 1.73. The molecule has 1 aliphatic heterocycles. The Kier molecular flexibility index (Phi) is 3.89. The maximum Gasteiger partial charge on any atom is 0.142 e. The second-order valence-electron chi connectivity index (χ2n) is 6.93. The van der Waals surface area contributed by atoms with E-state index in [-0.39, 0.29) is 0 Å². The first-order valence-electron chi connectivity index (χ1n) is 8.65. The first-order chi connectivity index (χ1) is 11.3. The summed E-state index contributed by atoms with van der Waals surface area (Å²) in [4.78, 5) is 4.93. The van der Waals surface area contributed by atoms with Crippen LogP contribution in [0, 0.1) is 11.8 Å². The number of fused-ring (bicyclic) bond motifs is 2. The molecule has 2 saturated carbocycles. The first-order valence-corrected chi connectivity index (χ1v) is 8.65. The van der Waals surface area contributed by atoms with Gasteiger partial charge in [-0.1, -0.05) is 17.3 Å². The van der Waals surface area contributed by atoms with Crippen LogP contribution in [0.15, 0.2) is 29.4 Å². The number of rotatable bonds is 3. The summed E-state index contributed by atoms with van der Waals surface area (Å²) in [6.45, 7) is 4.02. The third kappa shape index (κ3) is 2.47. The number of nitrogens with zero attached hydrogens (tertiary/aromatic N) is 3. The molecule has 5 nitrogen and oxygen atoms in total. The van der Waals surface area contributed by atoms with Gasteiger partial charge in [0, 0.05) is 32.1 Å². The van der Waals surface area contributed by atoms with Crippen molar-refractivity contribution >= 4 is 11.4 Å². The van der Waals surface area contributed by atoms with E-state index >= 15 is 0 Å². The van der Waals surface area contributed by atoms with E-state index in [1.165, 1.54) is 24.9 Å². The summed E-state index contributed by atoms with van der Waals surface area (Å²) in [5.74, 6) is 2.17. The van der Waals surface area contributed by atoms with Crippen molar-refractivity contribution in [3.63, 3.8) is 0 Å². The summed E-state index contributed by atoms with van der Waals surface area (Å²) >= 11 is 0. The standard InChI is InChI=1S/C18H25N3O2/c1-23-16-5-3-2-4-15(16)20-8-10-21(11-9-20)18-14-7-6-13(12-14)17(18)19-22/h2-5,13-14,18,22H,6-12H2,1H3. The van der Waals surface area contributed by atoms with Gasteiger partial charge in [0.25, 0.3) is 0 Å². The van der Waals surface area contributed by atoms with Crippen LogP contribution in [0.4, 0.5) is 5.69 Å². The SMILES string of the molecule is COc1ccccc1N1CCN(C2C(=NO)C3CCC2C3)CC1. The summed E-state index contributed by atoms with van der Waals surface area (Å²) in [5.41, 5.74) is 2.23. The lowest BCUT2D eigenvalue weighted by atomic mass is 9.91. The second-order valence-corrected chi connectivity index (χ2v) is 6.93. The molecule has 0 amide bonds. The number of piperazine rings is 1. The van der Waals surface area contributed by atoms with Crippen LogP contribution in [0.2, 0.25) is 0 Å². The van der Waals surface area contributed by atoms with Gasteiger partial charge in [0.05, 0.1) is 24.6 Å². The number of benzene rings is 1. The molecule has 1 heterocycles. The number of hydrogen-bond donors (Lipinski definition) is 1. The van der Waals surface area contributed by atoms with Gasteiger partial charge in [-0.3, -0.25) is 4.90 Å². The van der Waals surface area contributed by atoms with E-state index in [0.717, 1.165) is 37.6 Å². The van der Waals surface area contributed by atoms with E-state index in [4.69, 9.17) is 4.74 Å². The fourth-order valence-electron chi connectivity index (χ4n) is 4.81. The minimum atomic E-state index is 0.374. The number of oxime groups is 1. The topological polar surface area (TPSA) is 48.3 Å². The average Bonchev–Trinajstić information content (AvgIpc) is 3.23. The summed E-state index contributed by atoms with van der Waals surface area (Å²) in [6, 6.07) is 8.61. The first kappa shape index (κ1) is 14.8. The van der Waals surface area contributed by atoms with Crippen molar-refractivity contribution in [3.8, 4) is 5.75 Å². The zero-order valence-electron chi connectivity index (χ0n) is 13.7. The van der Waals surface area contributed by atoms with Crippen LogP contribution in [0.3, 0.4) is 0 Å². The Bertz CT molecular complexity index is 596. The Morgan fingerprint density at radius 3 is 2.65 bits per heavy atom. The molecule has 1 aromatic rings. The van der Waals surface area contributed by atoms with Crippen molar-refractivity contribution in [3.05, 3.63) is 24.3 Å². The Morgan fingerprint density at radius 1 is 1.13 bits per heavy atom. The van der Waals surface area contributed by atoms with Gasteiger partial charge in [-0.25, -0.2) is 0 Å². The highest BCUT2D eigenvalue weighted by atomic mass is 16.5. The highest BCUT2D eigenvalue weighted by Crippen LogP contribution is 2.45. The van der Waals surface area contributed by atoms with E-state index in [1.54, 1.807) is 7.11 Å². The van der Waals surface area contributed by atoms with Crippen LogP contribution in [-0.2, 0) is 0 Å². The molecule has 0 spiro atoms. The van der Waals surface area contributed by atoms with Crippen LogP contribution in [0.25, 0.3) is 0 Å². The molecule has 3 aliphatic rings. The molecule has 124 valence electrons. The normalized spacial score (nSPS) is 32.7. The van der Waals surface area contributed by atoms with Crippen LogP contribution in [0.5, 0.6) is 5.75 Å². The molecule has 4 rings (SSSR count). The van der Waals surface area contributed by atoms with E-state index in [1.807, 2.05) is 12.1 Å². The van der Waals surface area contributed by atoms with Gasteiger partial charge in [-0.2, -0.15) is 0 Å². The highest BCUT2D eigenvalue weighted by molar-refractivity contribution is 5.94. The summed E-state index contributed by atoms with van der Waals surface area (Å²) in [5, 5.41) is 13.1. The molecule has 1 saturated heterocycles. The van der Waals surface area contributed by atoms with Gasteiger partial charge in [-0.15, -0.1) is 0 Å². The van der Waals surface area contributed by atoms with Crippen molar-refractivity contribution < 1.29 is 9.94 Å². The zero-order valence-corrected chi connectivity index (χ0v) is 13.7. The van der Waals surface area contributed by atoms with Crippen molar-refractivity contribution in [1.82, 2.24) is 4.90 Å². The Hall–Kier alpha value is -1.75. The van der Waals surface area contributed by atoms with Crippen molar-refractivity contribution in [2.24, 2.45) is 17.0 Å². The third-order valence-corrected chi connectivity index (χ3v) is 5.89. The summed E-state index contributed by atoms with van der Waals surface area (Å²) in [6.07, 6.45) is 3.72. The van der Waals surface area contributed by atoms with Gasteiger partial charge in [0.1, 0.15) is 5.75 Å². The van der Waals surface area contributed by atoms with Crippen molar-refractivity contribution in [2.75, 3.05) is 38.2 Å². The van der Waals surface area contributed by atoms with Gasteiger partial charge < -0.3 is 14.8 Å². The lowest BCUT2D eigenvalue weighted by molar-refractivity contribution is 0.181. The average molecular weight is 315 g/mol. The maximum absolute atomic E-state index is 9.42. The molecule has 0 aromatic heterocycles. The molecule has 1 aromatic carbocycles. The second kappa shape index (κ2) is 6.04. The lowest BCUT2D eigenvalue weighted by Gasteiger charge is -2.42. The van der Waals surface area contributed by atoms with Gasteiger partial charge in [-0.05, 0) is 37.3 Å². The number of methoxy groups -OCH3 is 1. The molecule has 1 N–H and O–H groups in total. The fourth-order valence-corrected chi connectivity index (χ4v) is 4.81.